The number of amides is 2. The standard InChI is InChI=1S/C15H20N2O3/c1-3-16-14(18)9-20-12-6-4-11(5-7-12)17-15(19)13-8-10(13)2/h4-7,10,13H,3,8-9H2,1-2H3,(H,16,18)(H,17,19)/t10-,13-/m0/s1. The lowest BCUT2D eigenvalue weighted by atomic mass is 10.2. The van der Waals surface area contributed by atoms with Crippen molar-refractivity contribution < 1.29 is 14.3 Å². The van der Waals surface area contributed by atoms with Crippen LogP contribution in [0.3, 0.4) is 0 Å². The van der Waals surface area contributed by atoms with Crippen molar-refractivity contribution in [1.82, 2.24) is 5.32 Å². The maximum absolute atomic E-state index is 11.8. The largest absolute Gasteiger partial charge is 0.484 e. The molecule has 0 aliphatic heterocycles. The molecule has 2 rings (SSSR count). The molecule has 5 heteroatoms. The number of hydrogen-bond acceptors (Lipinski definition) is 3. The number of carbonyl (C=O) groups excluding carboxylic acids is 2. The van der Waals surface area contributed by atoms with E-state index in [1.54, 1.807) is 24.3 Å². The third kappa shape index (κ3) is 3.98. The van der Waals surface area contributed by atoms with Gasteiger partial charge in [-0.1, -0.05) is 6.92 Å². The van der Waals surface area contributed by atoms with E-state index in [1.807, 2.05) is 6.92 Å². The van der Waals surface area contributed by atoms with Crippen molar-refractivity contribution in [2.75, 3.05) is 18.5 Å². The Balaban J connectivity index is 1.80. The average molecular weight is 276 g/mol. The topological polar surface area (TPSA) is 67.4 Å². The summed E-state index contributed by atoms with van der Waals surface area (Å²) in [6.45, 7) is 4.52. The highest BCUT2D eigenvalue weighted by atomic mass is 16.5. The van der Waals surface area contributed by atoms with Gasteiger partial charge >= 0.3 is 0 Å². The summed E-state index contributed by atoms with van der Waals surface area (Å²) in [5.41, 5.74) is 0.749. The molecule has 0 spiro atoms. The van der Waals surface area contributed by atoms with Crippen molar-refractivity contribution >= 4 is 17.5 Å². The third-order valence-electron chi connectivity index (χ3n) is 3.31. The van der Waals surface area contributed by atoms with E-state index >= 15 is 0 Å². The molecule has 0 bridgehead atoms. The fourth-order valence-corrected chi connectivity index (χ4v) is 1.95. The molecule has 2 amide bonds. The summed E-state index contributed by atoms with van der Waals surface area (Å²) < 4.78 is 5.33. The van der Waals surface area contributed by atoms with E-state index < -0.39 is 0 Å². The van der Waals surface area contributed by atoms with E-state index in [0.29, 0.717) is 18.2 Å². The van der Waals surface area contributed by atoms with Gasteiger partial charge in [0.15, 0.2) is 6.61 Å². The van der Waals surface area contributed by atoms with Gasteiger partial charge in [0.2, 0.25) is 5.91 Å². The molecule has 0 aromatic heterocycles. The summed E-state index contributed by atoms with van der Waals surface area (Å²) in [6, 6.07) is 7.03. The molecule has 2 atom stereocenters. The number of anilines is 1. The van der Waals surface area contributed by atoms with Gasteiger partial charge in [0.25, 0.3) is 5.91 Å². The summed E-state index contributed by atoms with van der Waals surface area (Å²) in [7, 11) is 0. The second-order valence-corrected chi connectivity index (χ2v) is 5.08. The molecular formula is C15H20N2O3. The molecule has 0 saturated heterocycles. The van der Waals surface area contributed by atoms with Crippen LogP contribution in [-0.2, 0) is 9.59 Å². The highest BCUT2D eigenvalue weighted by Gasteiger charge is 2.38. The van der Waals surface area contributed by atoms with Crippen LogP contribution in [0.5, 0.6) is 5.75 Å². The fraction of sp³-hybridized carbons (Fsp3) is 0.467. The Morgan fingerprint density at radius 3 is 2.50 bits per heavy atom. The lowest BCUT2D eigenvalue weighted by Gasteiger charge is -2.08. The minimum Gasteiger partial charge on any atom is -0.484 e. The Morgan fingerprint density at radius 2 is 1.95 bits per heavy atom. The van der Waals surface area contributed by atoms with Gasteiger partial charge in [-0.15, -0.1) is 0 Å². The molecular weight excluding hydrogens is 256 g/mol. The molecule has 1 aromatic carbocycles. The van der Waals surface area contributed by atoms with Crippen molar-refractivity contribution in [3.05, 3.63) is 24.3 Å². The molecule has 0 heterocycles. The van der Waals surface area contributed by atoms with Crippen LogP contribution in [0.2, 0.25) is 0 Å². The quantitative estimate of drug-likeness (QED) is 0.832. The number of benzene rings is 1. The van der Waals surface area contributed by atoms with E-state index in [1.165, 1.54) is 0 Å². The van der Waals surface area contributed by atoms with Gasteiger partial charge < -0.3 is 15.4 Å². The third-order valence-corrected chi connectivity index (χ3v) is 3.31. The van der Waals surface area contributed by atoms with Crippen molar-refractivity contribution in [2.45, 2.75) is 20.3 Å². The van der Waals surface area contributed by atoms with Crippen LogP contribution in [0.4, 0.5) is 5.69 Å². The van der Waals surface area contributed by atoms with Gasteiger partial charge in [0, 0.05) is 18.2 Å². The summed E-state index contributed by atoms with van der Waals surface area (Å²) in [5.74, 6) is 1.19. The zero-order chi connectivity index (χ0) is 14.5. The first kappa shape index (κ1) is 14.4. The van der Waals surface area contributed by atoms with Gasteiger partial charge in [-0.25, -0.2) is 0 Å². The molecule has 2 N–H and O–H groups in total. The molecule has 108 valence electrons. The zero-order valence-electron chi connectivity index (χ0n) is 11.8. The average Bonchev–Trinajstić information content (AvgIpc) is 3.16. The van der Waals surface area contributed by atoms with Crippen LogP contribution >= 0.6 is 0 Å². The number of nitrogens with one attached hydrogen (secondary N) is 2. The maximum atomic E-state index is 11.8. The molecule has 0 radical (unpaired) electrons. The molecule has 1 aromatic rings. The Morgan fingerprint density at radius 1 is 1.30 bits per heavy atom. The Bertz CT molecular complexity index is 484. The highest BCUT2D eigenvalue weighted by molar-refractivity contribution is 5.94. The molecule has 1 aliphatic rings. The van der Waals surface area contributed by atoms with Crippen molar-refractivity contribution in [3.8, 4) is 5.75 Å². The Hall–Kier alpha value is -2.04. The van der Waals surface area contributed by atoms with Gasteiger partial charge in [-0.05, 0) is 43.5 Å². The normalized spacial score (nSPS) is 20.1. The van der Waals surface area contributed by atoms with Gasteiger partial charge in [0.05, 0.1) is 0 Å². The Kier molecular flexibility index (Phi) is 4.61. The first-order valence-electron chi connectivity index (χ1n) is 6.90. The van der Waals surface area contributed by atoms with Crippen LogP contribution in [0.15, 0.2) is 24.3 Å². The van der Waals surface area contributed by atoms with Crippen LogP contribution in [0, 0.1) is 11.8 Å². The minimum absolute atomic E-state index is 0.000859. The van der Waals surface area contributed by atoms with Crippen LogP contribution < -0.4 is 15.4 Å². The van der Waals surface area contributed by atoms with E-state index in [-0.39, 0.29) is 24.3 Å². The van der Waals surface area contributed by atoms with Crippen LogP contribution in [-0.4, -0.2) is 25.0 Å². The Labute approximate surface area is 118 Å². The minimum atomic E-state index is -0.146. The summed E-state index contributed by atoms with van der Waals surface area (Å²) in [6.07, 6.45) is 0.972. The molecule has 1 aliphatic carbocycles. The van der Waals surface area contributed by atoms with Gasteiger partial charge in [0.1, 0.15) is 5.75 Å². The SMILES string of the molecule is CCNC(=O)COc1ccc(NC(=O)[C@H]2C[C@@H]2C)cc1. The summed E-state index contributed by atoms with van der Waals surface area (Å²) in [5, 5.41) is 5.53. The summed E-state index contributed by atoms with van der Waals surface area (Å²) in [4.78, 5) is 23.0. The molecule has 5 nitrogen and oxygen atoms in total. The van der Waals surface area contributed by atoms with Crippen molar-refractivity contribution in [1.29, 1.82) is 0 Å². The smallest absolute Gasteiger partial charge is 0.257 e. The maximum Gasteiger partial charge on any atom is 0.257 e. The lowest BCUT2D eigenvalue weighted by Crippen LogP contribution is -2.28. The number of ether oxygens (including phenoxy) is 1. The van der Waals surface area contributed by atoms with Crippen LogP contribution in [0.1, 0.15) is 20.3 Å². The fourth-order valence-electron chi connectivity index (χ4n) is 1.95. The first-order chi connectivity index (χ1) is 9.60. The van der Waals surface area contributed by atoms with Crippen molar-refractivity contribution in [2.24, 2.45) is 11.8 Å². The zero-order valence-corrected chi connectivity index (χ0v) is 11.8. The first-order valence-corrected chi connectivity index (χ1v) is 6.90. The molecule has 0 unspecified atom stereocenters. The van der Waals surface area contributed by atoms with Gasteiger partial charge in [-0.2, -0.15) is 0 Å². The molecule has 20 heavy (non-hydrogen) atoms. The lowest BCUT2D eigenvalue weighted by molar-refractivity contribution is -0.123. The number of likely N-dealkylation sites (N-methyl/N-ethyl adjacent to an activating group) is 1. The van der Waals surface area contributed by atoms with Crippen molar-refractivity contribution in [3.63, 3.8) is 0 Å². The van der Waals surface area contributed by atoms with Gasteiger partial charge in [-0.3, -0.25) is 9.59 Å². The number of rotatable bonds is 6. The van der Waals surface area contributed by atoms with E-state index in [9.17, 15) is 9.59 Å². The van der Waals surface area contributed by atoms with E-state index in [0.717, 1.165) is 12.1 Å². The number of hydrogen-bond donors (Lipinski definition) is 2. The second-order valence-electron chi connectivity index (χ2n) is 5.08. The number of carbonyl (C=O) groups is 2. The second kappa shape index (κ2) is 6.41. The molecule has 1 fully saturated rings. The van der Waals surface area contributed by atoms with E-state index in [2.05, 4.69) is 17.6 Å². The van der Waals surface area contributed by atoms with E-state index in [4.69, 9.17) is 4.74 Å². The van der Waals surface area contributed by atoms with Crippen LogP contribution in [0.25, 0.3) is 0 Å². The summed E-state index contributed by atoms with van der Waals surface area (Å²) >= 11 is 0. The highest BCUT2D eigenvalue weighted by Crippen LogP contribution is 2.38. The monoisotopic (exact) mass is 276 g/mol. The predicted molar refractivity (Wildman–Crippen MR) is 76.5 cm³/mol. The predicted octanol–water partition coefficient (Wildman–Crippen LogP) is 1.80. The molecule has 1 saturated carbocycles.